The summed E-state index contributed by atoms with van der Waals surface area (Å²) in [5.74, 6) is 0.333. The van der Waals surface area contributed by atoms with E-state index < -0.39 is 24.1 Å². The summed E-state index contributed by atoms with van der Waals surface area (Å²) in [5.41, 5.74) is 0. The Bertz CT molecular complexity index is 457. The molecule has 5 nitrogen and oxygen atoms in total. The third kappa shape index (κ3) is 8.74. The first kappa shape index (κ1) is 27.8. The molecule has 0 spiro atoms. The van der Waals surface area contributed by atoms with E-state index in [1.54, 1.807) is 0 Å². The quantitative estimate of drug-likeness (QED) is 0.326. The predicted molar refractivity (Wildman–Crippen MR) is 122 cm³/mol. The molecule has 30 heavy (non-hydrogen) atoms. The first-order valence-electron chi connectivity index (χ1n) is 12.4. The Kier molecular flexibility index (Phi) is 12.4. The first-order valence-corrected chi connectivity index (χ1v) is 12.4. The van der Waals surface area contributed by atoms with Crippen molar-refractivity contribution in [1.29, 1.82) is 0 Å². The average molecular weight is 431 g/mol. The van der Waals surface area contributed by atoms with Crippen molar-refractivity contribution in [1.82, 2.24) is 0 Å². The minimum absolute atomic E-state index is 0.139. The molecule has 1 aliphatic rings. The Balaban J connectivity index is 2.26. The maximum atomic E-state index is 10.8. The Morgan fingerprint density at radius 1 is 0.767 bits per heavy atom. The standard InChI is InChI=1S/C25H50O5/c1-17(2)10-7-11-18(3)12-8-13-19(4)14-9-15-20(5)21(6)25(29)24(28)23(27)22(26)16-30-25/h17-24,26-29H,7-16H2,1-6H3/t18?,19?,20?,21?,22-,23-,24-,25+/m1/s1. The molecular formula is C25H50O5. The molecule has 1 fully saturated rings. The summed E-state index contributed by atoms with van der Waals surface area (Å²) in [5, 5.41) is 40.6. The highest BCUT2D eigenvalue weighted by molar-refractivity contribution is 4.95. The van der Waals surface area contributed by atoms with Crippen LogP contribution in [0.15, 0.2) is 0 Å². The van der Waals surface area contributed by atoms with Crippen LogP contribution in [0.4, 0.5) is 0 Å². The third-order valence-electron chi connectivity index (χ3n) is 7.36. The van der Waals surface area contributed by atoms with E-state index in [1.807, 2.05) is 6.92 Å². The van der Waals surface area contributed by atoms with Gasteiger partial charge in [0.25, 0.3) is 0 Å². The zero-order chi connectivity index (χ0) is 22.9. The maximum Gasteiger partial charge on any atom is 0.197 e. The zero-order valence-electron chi connectivity index (χ0n) is 20.4. The van der Waals surface area contributed by atoms with Gasteiger partial charge in [0.1, 0.15) is 18.3 Å². The normalized spacial score (nSPS) is 31.5. The van der Waals surface area contributed by atoms with Gasteiger partial charge in [-0.25, -0.2) is 0 Å². The second-order valence-electron chi connectivity index (χ2n) is 10.7. The topological polar surface area (TPSA) is 90.2 Å². The molecule has 0 aliphatic carbocycles. The van der Waals surface area contributed by atoms with Gasteiger partial charge in [0, 0.05) is 5.92 Å². The number of aliphatic hydroxyl groups excluding tert-OH is 3. The van der Waals surface area contributed by atoms with Gasteiger partial charge in [0.05, 0.1) is 6.61 Å². The van der Waals surface area contributed by atoms with Crippen LogP contribution in [-0.4, -0.2) is 51.1 Å². The Hall–Kier alpha value is -0.200. The minimum atomic E-state index is -1.81. The molecule has 0 amide bonds. The molecule has 0 saturated carbocycles. The molecule has 8 atom stereocenters. The molecule has 1 rings (SSSR count). The van der Waals surface area contributed by atoms with E-state index in [9.17, 15) is 20.4 Å². The first-order chi connectivity index (χ1) is 14.0. The van der Waals surface area contributed by atoms with E-state index in [0.717, 1.165) is 24.7 Å². The number of aliphatic hydroxyl groups is 4. The van der Waals surface area contributed by atoms with Gasteiger partial charge in [0.15, 0.2) is 5.79 Å². The minimum Gasteiger partial charge on any atom is -0.388 e. The van der Waals surface area contributed by atoms with Crippen LogP contribution >= 0.6 is 0 Å². The molecule has 1 aliphatic heterocycles. The van der Waals surface area contributed by atoms with Gasteiger partial charge in [-0.3, -0.25) is 0 Å². The van der Waals surface area contributed by atoms with Crippen molar-refractivity contribution < 1.29 is 25.2 Å². The maximum absolute atomic E-state index is 10.8. The zero-order valence-corrected chi connectivity index (χ0v) is 20.4. The van der Waals surface area contributed by atoms with Gasteiger partial charge in [0.2, 0.25) is 0 Å². The van der Waals surface area contributed by atoms with Crippen LogP contribution in [0, 0.1) is 29.6 Å². The van der Waals surface area contributed by atoms with Crippen molar-refractivity contribution in [3.05, 3.63) is 0 Å². The fraction of sp³-hybridized carbons (Fsp3) is 1.00. The summed E-state index contributed by atoms with van der Waals surface area (Å²) in [6.07, 6.45) is 7.08. The van der Waals surface area contributed by atoms with Gasteiger partial charge in [-0.05, 0) is 23.7 Å². The van der Waals surface area contributed by atoms with E-state index in [-0.39, 0.29) is 18.4 Å². The van der Waals surface area contributed by atoms with E-state index in [4.69, 9.17) is 4.74 Å². The van der Waals surface area contributed by atoms with Crippen LogP contribution in [0.1, 0.15) is 99.3 Å². The lowest BCUT2D eigenvalue weighted by Crippen LogP contribution is -2.64. The lowest BCUT2D eigenvalue weighted by atomic mass is 9.78. The van der Waals surface area contributed by atoms with Gasteiger partial charge < -0.3 is 25.2 Å². The summed E-state index contributed by atoms with van der Waals surface area (Å²) in [7, 11) is 0. The second-order valence-corrected chi connectivity index (χ2v) is 10.7. The van der Waals surface area contributed by atoms with Crippen molar-refractivity contribution in [2.45, 2.75) is 123 Å². The molecule has 0 aromatic rings. The average Bonchev–Trinajstić information content (AvgIpc) is 2.68. The predicted octanol–water partition coefficient (Wildman–Crippen LogP) is 4.50. The molecule has 5 heteroatoms. The molecule has 180 valence electrons. The van der Waals surface area contributed by atoms with E-state index in [2.05, 4.69) is 34.6 Å². The molecule has 1 heterocycles. The molecular weight excluding hydrogens is 380 g/mol. The van der Waals surface area contributed by atoms with Gasteiger partial charge in [-0.15, -0.1) is 0 Å². The summed E-state index contributed by atoms with van der Waals surface area (Å²) in [6, 6.07) is 0. The lowest BCUT2D eigenvalue weighted by molar-refractivity contribution is -0.345. The van der Waals surface area contributed by atoms with Crippen molar-refractivity contribution in [3.8, 4) is 0 Å². The highest BCUT2D eigenvalue weighted by atomic mass is 16.6. The Morgan fingerprint density at radius 2 is 1.23 bits per heavy atom. The van der Waals surface area contributed by atoms with Crippen LogP contribution < -0.4 is 0 Å². The monoisotopic (exact) mass is 430 g/mol. The summed E-state index contributed by atoms with van der Waals surface area (Å²) < 4.78 is 5.38. The second kappa shape index (κ2) is 13.4. The lowest BCUT2D eigenvalue weighted by Gasteiger charge is -2.46. The molecule has 0 aromatic carbocycles. The van der Waals surface area contributed by atoms with Gasteiger partial charge in [-0.1, -0.05) is 99.3 Å². The van der Waals surface area contributed by atoms with Gasteiger partial charge >= 0.3 is 0 Å². The van der Waals surface area contributed by atoms with Crippen molar-refractivity contribution >= 4 is 0 Å². The fourth-order valence-electron chi connectivity index (χ4n) is 4.68. The molecule has 1 saturated heterocycles. The number of rotatable bonds is 14. The molecule has 4 N–H and O–H groups in total. The fourth-order valence-corrected chi connectivity index (χ4v) is 4.68. The Labute approximate surface area is 185 Å². The summed E-state index contributed by atoms with van der Waals surface area (Å²) in [6.45, 7) is 13.0. The van der Waals surface area contributed by atoms with Crippen molar-refractivity contribution in [3.63, 3.8) is 0 Å². The molecule has 0 radical (unpaired) electrons. The van der Waals surface area contributed by atoms with Crippen LogP contribution in [0.2, 0.25) is 0 Å². The van der Waals surface area contributed by atoms with E-state index >= 15 is 0 Å². The highest BCUT2D eigenvalue weighted by Crippen LogP contribution is 2.36. The Morgan fingerprint density at radius 3 is 1.73 bits per heavy atom. The van der Waals surface area contributed by atoms with Crippen LogP contribution in [-0.2, 0) is 4.74 Å². The highest BCUT2D eigenvalue weighted by Gasteiger charge is 2.52. The third-order valence-corrected chi connectivity index (χ3v) is 7.36. The molecule has 4 unspecified atom stereocenters. The summed E-state index contributed by atoms with van der Waals surface area (Å²) in [4.78, 5) is 0. The molecule has 0 bridgehead atoms. The SMILES string of the molecule is CC(C)CCCC(C)CCCC(C)CCCC(C)C(C)[C@]1(O)OC[C@@H](O)[C@@H](O)[C@H]1O. The van der Waals surface area contributed by atoms with E-state index in [0.29, 0.717) is 5.92 Å². The van der Waals surface area contributed by atoms with E-state index in [1.165, 1.54) is 44.9 Å². The van der Waals surface area contributed by atoms with Crippen molar-refractivity contribution in [2.24, 2.45) is 29.6 Å². The van der Waals surface area contributed by atoms with Crippen LogP contribution in [0.5, 0.6) is 0 Å². The number of hydrogen-bond donors (Lipinski definition) is 4. The smallest absolute Gasteiger partial charge is 0.197 e. The number of hydrogen-bond acceptors (Lipinski definition) is 5. The molecule has 0 aromatic heterocycles. The van der Waals surface area contributed by atoms with Crippen LogP contribution in [0.3, 0.4) is 0 Å². The van der Waals surface area contributed by atoms with Crippen LogP contribution in [0.25, 0.3) is 0 Å². The largest absolute Gasteiger partial charge is 0.388 e. The summed E-state index contributed by atoms with van der Waals surface area (Å²) >= 11 is 0. The van der Waals surface area contributed by atoms with Gasteiger partial charge in [-0.2, -0.15) is 0 Å². The van der Waals surface area contributed by atoms with Crippen molar-refractivity contribution in [2.75, 3.05) is 6.61 Å². The number of ether oxygens (including phenoxy) is 1.